The van der Waals surface area contributed by atoms with Gasteiger partial charge in [0.2, 0.25) is 0 Å². The summed E-state index contributed by atoms with van der Waals surface area (Å²) in [6.45, 7) is 1.62. The number of fused-ring (bicyclic) bond motifs is 9. The van der Waals surface area contributed by atoms with Crippen LogP contribution in [0.5, 0.6) is 0 Å². The fourth-order valence-electron chi connectivity index (χ4n) is 7.52. The average molecular weight is 604 g/mol. The molecule has 1 aliphatic heterocycles. The van der Waals surface area contributed by atoms with E-state index in [1.165, 1.54) is 27.9 Å². The molecular weight excluding hydrogens is 574 g/mol. The lowest BCUT2D eigenvalue weighted by atomic mass is 9.90. The third-order valence-corrected chi connectivity index (χ3v) is 9.78. The van der Waals surface area contributed by atoms with Crippen molar-refractivity contribution in [3.8, 4) is 33.4 Å². The number of furan rings is 2. The molecule has 3 heterocycles. The van der Waals surface area contributed by atoms with Gasteiger partial charge in [-0.3, -0.25) is 0 Å². The smallest absolute Gasteiger partial charge is 0.143 e. The third-order valence-electron chi connectivity index (χ3n) is 9.78. The summed E-state index contributed by atoms with van der Waals surface area (Å²) in [6, 6.07) is 54.2. The van der Waals surface area contributed by atoms with Crippen LogP contribution in [0.2, 0.25) is 0 Å². The van der Waals surface area contributed by atoms with Crippen LogP contribution in [0.3, 0.4) is 0 Å². The Bertz CT molecular complexity index is 2640. The van der Waals surface area contributed by atoms with E-state index in [0.717, 1.165) is 79.2 Å². The standard InChI is InChI=1S/C44H29NO2/c1-2-10-32(11-3-1)45-26-30-21-20-29(35-15-9-17-39-37-13-5-7-19-42(37)47-44(35)39)25-40(30)33-23-22-28(24-31(33)27-45)34-14-8-16-38-36-12-4-6-18-41(36)46-43(34)38/h1-25H,26-27H2. The topological polar surface area (TPSA) is 29.5 Å². The first-order valence-electron chi connectivity index (χ1n) is 16.2. The summed E-state index contributed by atoms with van der Waals surface area (Å²) in [4.78, 5) is 2.48. The number of benzene rings is 7. The van der Waals surface area contributed by atoms with Crippen LogP contribution in [0, 0.1) is 0 Å². The van der Waals surface area contributed by atoms with Gasteiger partial charge in [-0.2, -0.15) is 0 Å². The van der Waals surface area contributed by atoms with E-state index < -0.39 is 0 Å². The van der Waals surface area contributed by atoms with Crippen molar-refractivity contribution in [2.75, 3.05) is 4.90 Å². The minimum Gasteiger partial charge on any atom is -0.455 e. The van der Waals surface area contributed by atoms with Crippen molar-refractivity contribution in [3.63, 3.8) is 0 Å². The van der Waals surface area contributed by atoms with Crippen LogP contribution in [-0.2, 0) is 13.1 Å². The SMILES string of the molecule is c1ccc(N2Cc3cc(-c4cccc5c4oc4ccccc45)ccc3-c3cc(-c4cccc5c4oc4ccccc45)ccc3C2)cc1. The van der Waals surface area contributed by atoms with Crippen molar-refractivity contribution in [2.24, 2.45) is 0 Å². The second-order valence-corrected chi connectivity index (χ2v) is 12.5. The Kier molecular flexibility index (Phi) is 5.70. The van der Waals surface area contributed by atoms with E-state index in [2.05, 4.69) is 132 Å². The second kappa shape index (κ2) is 10.2. The van der Waals surface area contributed by atoms with Gasteiger partial charge in [-0.05, 0) is 69.8 Å². The van der Waals surface area contributed by atoms with Crippen LogP contribution < -0.4 is 4.90 Å². The van der Waals surface area contributed by atoms with Crippen LogP contribution in [0.1, 0.15) is 11.1 Å². The molecule has 0 spiro atoms. The van der Waals surface area contributed by atoms with E-state index in [1.807, 2.05) is 24.3 Å². The highest BCUT2D eigenvalue weighted by Crippen LogP contribution is 2.43. The zero-order valence-corrected chi connectivity index (χ0v) is 25.6. The van der Waals surface area contributed by atoms with Crippen LogP contribution in [0.25, 0.3) is 77.3 Å². The predicted octanol–water partition coefficient (Wildman–Crippen LogP) is 12.0. The molecule has 0 saturated heterocycles. The first-order chi connectivity index (χ1) is 23.3. The molecule has 0 bridgehead atoms. The molecule has 0 radical (unpaired) electrons. The maximum absolute atomic E-state index is 6.46. The lowest BCUT2D eigenvalue weighted by Crippen LogP contribution is -2.20. The molecule has 0 unspecified atom stereocenters. The Hall–Kier alpha value is -6.06. The van der Waals surface area contributed by atoms with Gasteiger partial charge < -0.3 is 13.7 Å². The molecule has 47 heavy (non-hydrogen) atoms. The van der Waals surface area contributed by atoms with Crippen LogP contribution in [0.4, 0.5) is 5.69 Å². The van der Waals surface area contributed by atoms with E-state index in [0.29, 0.717) is 0 Å². The number of anilines is 1. The largest absolute Gasteiger partial charge is 0.455 e. The summed E-state index contributed by atoms with van der Waals surface area (Å²) in [5.74, 6) is 0. The highest BCUT2D eigenvalue weighted by Gasteiger charge is 2.23. The molecule has 7 aromatic carbocycles. The first kappa shape index (κ1) is 26.2. The maximum Gasteiger partial charge on any atom is 0.143 e. The van der Waals surface area contributed by atoms with E-state index in [9.17, 15) is 0 Å². The van der Waals surface area contributed by atoms with Gasteiger partial charge in [0.25, 0.3) is 0 Å². The lowest BCUT2D eigenvalue weighted by Gasteiger charge is -2.24. The zero-order valence-electron chi connectivity index (χ0n) is 25.6. The minimum absolute atomic E-state index is 0.798. The molecule has 9 aromatic rings. The molecule has 0 fully saturated rings. The summed E-state index contributed by atoms with van der Waals surface area (Å²) in [7, 11) is 0. The van der Waals surface area contributed by atoms with E-state index in [1.54, 1.807) is 0 Å². The molecule has 0 atom stereocenters. The molecular formula is C44H29NO2. The molecule has 3 heteroatoms. The summed E-state index contributed by atoms with van der Waals surface area (Å²) >= 11 is 0. The molecule has 0 N–H and O–H groups in total. The Morgan fingerprint density at radius 3 is 1.62 bits per heavy atom. The van der Waals surface area contributed by atoms with Crippen molar-refractivity contribution in [1.29, 1.82) is 0 Å². The number of hydrogen-bond acceptors (Lipinski definition) is 3. The molecule has 1 aliphatic rings. The summed E-state index contributed by atoms with van der Waals surface area (Å²) in [5, 5.41) is 4.59. The second-order valence-electron chi connectivity index (χ2n) is 12.5. The van der Waals surface area contributed by atoms with Crippen molar-refractivity contribution >= 4 is 49.6 Å². The number of rotatable bonds is 3. The molecule has 3 nitrogen and oxygen atoms in total. The quantitative estimate of drug-likeness (QED) is 0.201. The highest BCUT2D eigenvalue weighted by molar-refractivity contribution is 6.10. The number of para-hydroxylation sites is 5. The van der Waals surface area contributed by atoms with Gasteiger partial charge in [0.15, 0.2) is 0 Å². The van der Waals surface area contributed by atoms with E-state index in [-0.39, 0.29) is 0 Å². The fourth-order valence-corrected chi connectivity index (χ4v) is 7.52. The van der Waals surface area contributed by atoms with Crippen molar-refractivity contribution in [3.05, 3.63) is 163 Å². The Morgan fingerprint density at radius 2 is 0.936 bits per heavy atom. The molecule has 10 rings (SSSR count). The highest BCUT2D eigenvalue weighted by atomic mass is 16.3. The van der Waals surface area contributed by atoms with Crippen LogP contribution >= 0.6 is 0 Å². The monoisotopic (exact) mass is 603 g/mol. The van der Waals surface area contributed by atoms with Crippen LogP contribution in [-0.4, -0.2) is 0 Å². The Morgan fingerprint density at radius 1 is 0.383 bits per heavy atom. The molecule has 0 aliphatic carbocycles. The van der Waals surface area contributed by atoms with E-state index >= 15 is 0 Å². The lowest BCUT2D eigenvalue weighted by molar-refractivity contribution is 0.669. The Balaban J connectivity index is 1.16. The third kappa shape index (κ3) is 4.13. The molecule has 2 aromatic heterocycles. The zero-order chi connectivity index (χ0) is 30.9. The van der Waals surface area contributed by atoms with Gasteiger partial charge in [0.05, 0.1) is 0 Å². The fraction of sp³-hybridized carbons (Fsp3) is 0.0455. The van der Waals surface area contributed by atoms with Gasteiger partial charge in [-0.1, -0.05) is 115 Å². The van der Waals surface area contributed by atoms with Gasteiger partial charge in [-0.25, -0.2) is 0 Å². The van der Waals surface area contributed by atoms with Gasteiger partial charge >= 0.3 is 0 Å². The average Bonchev–Trinajstić information content (AvgIpc) is 3.65. The molecule has 0 saturated carbocycles. The summed E-state index contributed by atoms with van der Waals surface area (Å²) < 4.78 is 12.9. The minimum atomic E-state index is 0.798. The van der Waals surface area contributed by atoms with Crippen molar-refractivity contribution in [1.82, 2.24) is 0 Å². The number of hydrogen-bond donors (Lipinski definition) is 0. The maximum atomic E-state index is 6.46. The van der Waals surface area contributed by atoms with Gasteiger partial charge in [0, 0.05) is 51.4 Å². The Labute approximate surface area is 271 Å². The van der Waals surface area contributed by atoms with Crippen LogP contribution in [0.15, 0.2) is 160 Å². The summed E-state index contributed by atoms with van der Waals surface area (Å²) in [6.07, 6.45) is 0. The van der Waals surface area contributed by atoms with E-state index in [4.69, 9.17) is 8.83 Å². The molecule has 0 amide bonds. The number of nitrogens with zero attached hydrogens (tertiary/aromatic N) is 1. The van der Waals surface area contributed by atoms with Gasteiger partial charge in [-0.15, -0.1) is 0 Å². The molecule has 222 valence electrons. The summed E-state index contributed by atoms with van der Waals surface area (Å²) in [5.41, 5.74) is 14.6. The van der Waals surface area contributed by atoms with Crippen molar-refractivity contribution < 1.29 is 8.83 Å². The first-order valence-corrected chi connectivity index (χ1v) is 16.2. The van der Waals surface area contributed by atoms with Gasteiger partial charge in [0.1, 0.15) is 22.3 Å². The van der Waals surface area contributed by atoms with Crippen molar-refractivity contribution in [2.45, 2.75) is 13.1 Å². The normalized spacial score (nSPS) is 12.9. The predicted molar refractivity (Wildman–Crippen MR) is 194 cm³/mol.